The molecule has 3 unspecified atom stereocenters. The van der Waals surface area contributed by atoms with Crippen molar-refractivity contribution in [3.63, 3.8) is 0 Å². The van der Waals surface area contributed by atoms with Gasteiger partial charge in [0.05, 0.1) is 12.6 Å². The van der Waals surface area contributed by atoms with Gasteiger partial charge in [-0.25, -0.2) is 4.39 Å². The van der Waals surface area contributed by atoms with Gasteiger partial charge in [0.2, 0.25) is 11.8 Å². The second kappa shape index (κ2) is 11.7. The van der Waals surface area contributed by atoms with Crippen molar-refractivity contribution in [2.45, 2.75) is 65.0 Å². The summed E-state index contributed by atoms with van der Waals surface area (Å²) in [4.78, 5) is 34.0. The highest BCUT2D eigenvalue weighted by molar-refractivity contribution is 7.10. The molecule has 0 spiro atoms. The summed E-state index contributed by atoms with van der Waals surface area (Å²) >= 11 is 1.74. The van der Waals surface area contributed by atoms with Gasteiger partial charge >= 0.3 is 0 Å². The van der Waals surface area contributed by atoms with Gasteiger partial charge in [-0.3, -0.25) is 14.5 Å². The van der Waals surface area contributed by atoms with Gasteiger partial charge in [-0.1, -0.05) is 38.8 Å². The van der Waals surface area contributed by atoms with Crippen LogP contribution in [0, 0.1) is 11.7 Å². The van der Waals surface area contributed by atoms with Gasteiger partial charge in [0.25, 0.3) is 0 Å². The Morgan fingerprint density at radius 1 is 1.17 bits per heavy atom. The van der Waals surface area contributed by atoms with Gasteiger partial charge in [0.15, 0.2) is 0 Å². The molecule has 1 fully saturated rings. The third-order valence-corrected chi connectivity index (χ3v) is 8.58. The second-order valence-corrected chi connectivity index (χ2v) is 10.9. The maximum absolute atomic E-state index is 14.1. The fourth-order valence-electron chi connectivity index (χ4n) is 5.58. The summed E-state index contributed by atoms with van der Waals surface area (Å²) in [5.41, 5.74) is 2.07. The smallest absolute Gasteiger partial charge is 0.236 e. The quantitative estimate of drug-likeness (QED) is 0.507. The molecule has 35 heavy (non-hydrogen) atoms. The van der Waals surface area contributed by atoms with E-state index in [1.807, 2.05) is 15.9 Å². The first-order valence-corrected chi connectivity index (χ1v) is 13.9. The number of piperazine rings is 1. The molecular weight excluding hydrogens is 461 g/mol. The first kappa shape index (κ1) is 25.8. The Hall–Kier alpha value is -2.25. The first-order valence-electron chi connectivity index (χ1n) is 13.1. The molecule has 190 valence electrons. The van der Waals surface area contributed by atoms with Gasteiger partial charge < -0.3 is 9.80 Å². The molecule has 5 nitrogen and oxygen atoms in total. The Morgan fingerprint density at radius 2 is 2.00 bits per heavy atom. The topological polar surface area (TPSA) is 43.9 Å². The minimum Gasteiger partial charge on any atom is -0.338 e. The number of rotatable bonds is 8. The normalized spacial score (nSPS) is 21.6. The van der Waals surface area contributed by atoms with Crippen LogP contribution >= 0.6 is 11.3 Å². The number of fused-ring (bicyclic) bond motifs is 1. The summed E-state index contributed by atoms with van der Waals surface area (Å²) in [7, 11) is 0. The third kappa shape index (κ3) is 5.78. The van der Waals surface area contributed by atoms with E-state index in [1.165, 1.54) is 16.5 Å². The molecule has 3 atom stereocenters. The number of hydrogen-bond donors (Lipinski definition) is 0. The lowest BCUT2D eigenvalue weighted by atomic mass is 9.93. The molecule has 3 heterocycles. The molecule has 2 aliphatic heterocycles. The highest BCUT2D eigenvalue weighted by atomic mass is 32.1. The number of hydrogen-bond acceptors (Lipinski definition) is 4. The van der Waals surface area contributed by atoms with E-state index in [1.54, 1.807) is 23.5 Å². The Morgan fingerprint density at radius 3 is 2.71 bits per heavy atom. The van der Waals surface area contributed by atoms with Crippen molar-refractivity contribution in [1.82, 2.24) is 14.7 Å². The monoisotopic (exact) mass is 499 g/mol. The molecule has 0 N–H and O–H groups in total. The van der Waals surface area contributed by atoms with Crippen LogP contribution in [0.15, 0.2) is 35.7 Å². The first-order chi connectivity index (χ1) is 16.9. The molecule has 0 saturated carbocycles. The molecule has 0 aliphatic carbocycles. The maximum Gasteiger partial charge on any atom is 0.236 e. The average molecular weight is 500 g/mol. The van der Waals surface area contributed by atoms with Crippen molar-refractivity contribution in [3.05, 3.63) is 57.5 Å². The van der Waals surface area contributed by atoms with Gasteiger partial charge in [0.1, 0.15) is 5.82 Å². The zero-order chi connectivity index (χ0) is 24.9. The summed E-state index contributed by atoms with van der Waals surface area (Å²) in [5, 5.41) is 2.09. The van der Waals surface area contributed by atoms with Crippen LogP contribution in [0.25, 0.3) is 0 Å². The van der Waals surface area contributed by atoms with Gasteiger partial charge in [-0.05, 0) is 60.9 Å². The minimum absolute atomic E-state index is 0.0136. The number of benzene rings is 1. The summed E-state index contributed by atoms with van der Waals surface area (Å²) in [6.45, 7) is 9.10. The largest absolute Gasteiger partial charge is 0.338 e. The summed E-state index contributed by atoms with van der Waals surface area (Å²) in [6.07, 6.45) is 4.89. The third-order valence-electron chi connectivity index (χ3n) is 7.58. The predicted molar refractivity (Wildman–Crippen MR) is 139 cm³/mol. The molecule has 2 aromatic rings. The summed E-state index contributed by atoms with van der Waals surface area (Å²) < 4.78 is 14.1. The Kier molecular flexibility index (Phi) is 8.60. The molecule has 1 saturated heterocycles. The van der Waals surface area contributed by atoms with Crippen LogP contribution in [0.1, 0.15) is 68.5 Å². The highest BCUT2D eigenvalue weighted by Crippen LogP contribution is 2.38. The molecule has 1 aromatic carbocycles. The number of thiophene rings is 1. The van der Waals surface area contributed by atoms with Gasteiger partial charge in [0, 0.05) is 43.0 Å². The van der Waals surface area contributed by atoms with Crippen LogP contribution in [-0.4, -0.2) is 65.3 Å². The predicted octanol–water partition coefficient (Wildman–Crippen LogP) is 5.11. The van der Waals surface area contributed by atoms with Crippen LogP contribution in [0.5, 0.6) is 0 Å². The lowest BCUT2D eigenvalue weighted by molar-refractivity contribution is -0.146. The van der Waals surface area contributed by atoms with Crippen LogP contribution in [0.3, 0.4) is 0 Å². The van der Waals surface area contributed by atoms with E-state index >= 15 is 0 Å². The van der Waals surface area contributed by atoms with E-state index in [9.17, 15) is 14.0 Å². The zero-order valence-electron chi connectivity index (χ0n) is 21.2. The van der Waals surface area contributed by atoms with Crippen molar-refractivity contribution in [3.8, 4) is 0 Å². The molecule has 4 rings (SSSR count). The zero-order valence-corrected chi connectivity index (χ0v) is 22.0. The van der Waals surface area contributed by atoms with Crippen LogP contribution in [0.4, 0.5) is 4.39 Å². The minimum atomic E-state index is -0.255. The Balaban J connectivity index is 1.43. The van der Waals surface area contributed by atoms with Crippen molar-refractivity contribution in [2.75, 3.05) is 32.7 Å². The summed E-state index contributed by atoms with van der Waals surface area (Å²) in [5.74, 6) is 0.157. The van der Waals surface area contributed by atoms with Crippen LogP contribution < -0.4 is 0 Å². The van der Waals surface area contributed by atoms with E-state index in [4.69, 9.17) is 0 Å². The fraction of sp³-hybridized carbons (Fsp3) is 0.571. The van der Waals surface area contributed by atoms with Crippen molar-refractivity contribution >= 4 is 23.2 Å². The Bertz CT molecular complexity index is 1030. The van der Waals surface area contributed by atoms with E-state index in [0.29, 0.717) is 26.2 Å². The number of carbonyl (C=O) groups is 2. The van der Waals surface area contributed by atoms with E-state index < -0.39 is 0 Å². The molecule has 1 aromatic heterocycles. The average Bonchev–Trinajstić information content (AvgIpc) is 3.33. The molecule has 0 radical (unpaired) electrons. The Labute approximate surface area is 212 Å². The fourth-order valence-corrected chi connectivity index (χ4v) is 6.48. The van der Waals surface area contributed by atoms with Crippen LogP contribution in [0.2, 0.25) is 0 Å². The SMILES string of the molecule is CCCCC(CC)C(=O)N1CCN(C(=O)CN2CCc3sccc3C2c2cccc(F)c2)CC1C. The summed E-state index contributed by atoms with van der Waals surface area (Å²) in [6, 6.07) is 8.75. The van der Waals surface area contributed by atoms with Crippen molar-refractivity contribution in [1.29, 1.82) is 0 Å². The number of halogens is 1. The molecular formula is C28H38FN3O2S. The maximum atomic E-state index is 14.1. The standard InChI is InChI=1S/C28H38FN3O2S/c1-4-6-8-21(5-2)28(34)32-15-14-30(18-20(32)3)26(33)19-31-13-11-25-24(12-16-35-25)27(31)22-9-7-10-23(29)17-22/h7,9-10,12,16-17,20-21,27H,4-6,8,11,13-15,18-19H2,1-3H3. The van der Waals surface area contributed by atoms with Gasteiger partial charge in [-0.2, -0.15) is 0 Å². The molecule has 2 aliphatic rings. The van der Waals surface area contributed by atoms with E-state index in [-0.39, 0.29) is 35.6 Å². The lowest BCUT2D eigenvalue weighted by Crippen LogP contribution is -2.58. The molecule has 2 amide bonds. The van der Waals surface area contributed by atoms with E-state index in [2.05, 4.69) is 37.1 Å². The van der Waals surface area contributed by atoms with Crippen molar-refractivity contribution in [2.24, 2.45) is 5.92 Å². The molecule has 7 heteroatoms. The second-order valence-electron chi connectivity index (χ2n) is 9.94. The van der Waals surface area contributed by atoms with E-state index in [0.717, 1.165) is 44.2 Å². The highest BCUT2D eigenvalue weighted by Gasteiger charge is 2.35. The van der Waals surface area contributed by atoms with Crippen LogP contribution in [-0.2, 0) is 16.0 Å². The molecule has 0 bridgehead atoms. The lowest BCUT2D eigenvalue weighted by Gasteiger charge is -2.42. The number of amides is 2. The number of unbranched alkanes of at least 4 members (excludes halogenated alkanes) is 1. The number of nitrogens with zero attached hydrogens (tertiary/aromatic N) is 3. The van der Waals surface area contributed by atoms with Crippen molar-refractivity contribution < 1.29 is 14.0 Å². The van der Waals surface area contributed by atoms with Gasteiger partial charge in [-0.15, -0.1) is 11.3 Å². The number of carbonyl (C=O) groups excluding carboxylic acids is 2.